The lowest BCUT2D eigenvalue weighted by Gasteiger charge is -2.39. The second-order valence-corrected chi connectivity index (χ2v) is 11.3. The Hall–Kier alpha value is -4.64. The van der Waals surface area contributed by atoms with E-state index >= 15 is 0 Å². The van der Waals surface area contributed by atoms with Gasteiger partial charge in [-0.25, -0.2) is 9.59 Å². The Morgan fingerprint density at radius 3 is 2.36 bits per heavy atom. The van der Waals surface area contributed by atoms with Gasteiger partial charge < -0.3 is 29.0 Å². The van der Waals surface area contributed by atoms with Gasteiger partial charge in [0.1, 0.15) is 5.75 Å². The Morgan fingerprint density at radius 1 is 0.911 bits per heavy atom. The van der Waals surface area contributed by atoms with Gasteiger partial charge in [-0.2, -0.15) is 0 Å². The summed E-state index contributed by atoms with van der Waals surface area (Å²) in [6.07, 6.45) is 1.88. The van der Waals surface area contributed by atoms with E-state index in [2.05, 4.69) is 5.32 Å². The van der Waals surface area contributed by atoms with Gasteiger partial charge in [-0.05, 0) is 68.5 Å². The van der Waals surface area contributed by atoms with Crippen molar-refractivity contribution in [3.8, 4) is 17.2 Å². The molecule has 1 N–H and O–H groups in total. The maximum absolute atomic E-state index is 14.2. The first-order valence-corrected chi connectivity index (χ1v) is 15.6. The summed E-state index contributed by atoms with van der Waals surface area (Å²) in [4.78, 5) is 41.6. The first kappa shape index (κ1) is 31.8. The molecule has 1 amide bonds. The third-order valence-electron chi connectivity index (χ3n) is 7.39. The van der Waals surface area contributed by atoms with E-state index in [9.17, 15) is 14.4 Å². The van der Waals surface area contributed by atoms with E-state index in [1.165, 1.54) is 18.9 Å². The molecule has 3 aromatic carbocycles. The van der Waals surface area contributed by atoms with E-state index in [1.54, 1.807) is 43.9 Å². The van der Waals surface area contributed by atoms with Gasteiger partial charge in [-0.3, -0.25) is 9.69 Å². The summed E-state index contributed by atoms with van der Waals surface area (Å²) >= 11 is 1.38. The Morgan fingerprint density at radius 2 is 1.64 bits per heavy atom. The predicted molar refractivity (Wildman–Crippen MR) is 172 cm³/mol. The molecule has 236 valence electrons. The number of nitrogens with one attached hydrogen (secondary N) is 1. The summed E-state index contributed by atoms with van der Waals surface area (Å²) in [6, 6.07) is 16.1. The Labute approximate surface area is 266 Å². The predicted octanol–water partition coefficient (Wildman–Crippen LogP) is 5.57. The number of rotatable bonds is 11. The maximum atomic E-state index is 14.2. The standard InChI is InChI=1S/C34H36N2O8S/c1-6-41-25-15-13-21(23-11-9-10-12-24(23)25)18-28-32(38)36-31(30(33(39)43-8-3)20(4)35-34(36)45-28)22-14-16-26(27(17-22)40-5)44-19-29(37)42-7-2/h9-18,31,34-35H,6-8,19H2,1-5H3/b28-18+/t31-,34+/m1/s1. The molecule has 0 spiro atoms. The summed E-state index contributed by atoms with van der Waals surface area (Å²) in [7, 11) is 1.48. The van der Waals surface area contributed by atoms with E-state index < -0.39 is 23.5 Å². The van der Waals surface area contributed by atoms with Crippen molar-refractivity contribution in [2.75, 3.05) is 33.5 Å². The summed E-state index contributed by atoms with van der Waals surface area (Å²) in [5.74, 6) is 0.165. The van der Waals surface area contributed by atoms with Crippen LogP contribution in [0.4, 0.5) is 0 Å². The van der Waals surface area contributed by atoms with Crippen LogP contribution in [-0.2, 0) is 23.9 Å². The Kier molecular flexibility index (Phi) is 9.87. The zero-order chi connectivity index (χ0) is 32.1. The lowest BCUT2D eigenvalue weighted by atomic mass is 9.93. The lowest BCUT2D eigenvalue weighted by molar-refractivity contribution is -0.145. The van der Waals surface area contributed by atoms with Crippen molar-refractivity contribution in [1.29, 1.82) is 0 Å². The molecule has 5 rings (SSSR count). The van der Waals surface area contributed by atoms with E-state index in [0.717, 1.165) is 22.1 Å². The highest BCUT2D eigenvalue weighted by molar-refractivity contribution is 8.05. The molecule has 11 heteroatoms. The van der Waals surface area contributed by atoms with E-state index in [-0.39, 0.29) is 25.7 Å². The summed E-state index contributed by atoms with van der Waals surface area (Å²) in [5.41, 5.74) is 1.94. The number of amides is 1. The van der Waals surface area contributed by atoms with Crippen molar-refractivity contribution in [2.45, 2.75) is 39.2 Å². The van der Waals surface area contributed by atoms with E-state index in [0.29, 0.717) is 39.8 Å². The van der Waals surface area contributed by atoms with Crippen LogP contribution in [-0.4, -0.2) is 61.8 Å². The van der Waals surface area contributed by atoms with Crippen molar-refractivity contribution in [2.24, 2.45) is 0 Å². The minimum atomic E-state index is -0.786. The minimum Gasteiger partial charge on any atom is -0.493 e. The number of allylic oxidation sites excluding steroid dienone is 1. The monoisotopic (exact) mass is 632 g/mol. The number of methoxy groups -OCH3 is 1. The van der Waals surface area contributed by atoms with Crippen LogP contribution in [0.2, 0.25) is 0 Å². The van der Waals surface area contributed by atoms with Gasteiger partial charge in [0.05, 0.1) is 43.5 Å². The largest absolute Gasteiger partial charge is 0.493 e. The molecule has 2 heterocycles. The van der Waals surface area contributed by atoms with Crippen molar-refractivity contribution < 1.29 is 38.1 Å². The average molecular weight is 633 g/mol. The molecule has 1 saturated heterocycles. The van der Waals surface area contributed by atoms with Crippen LogP contribution < -0.4 is 19.5 Å². The number of fused-ring (bicyclic) bond motifs is 2. The zero-order valence-corrected chi connectivity index (χ0v) is 26.7. The quantitative estimate of drug-likeness (QED) is 0.213. The van der Waals surface area contributed by atoms with Crippen LogP contribution in [0.3, 0.4) is 0 Å². The normalized spacial score (nSPS) is 18.5. The van der Waals surface area contributed by atoms with Gasteiger partial charge >= 0.3 is 11.9 Å². The third kappa shape index (κ3) is 6.44. The third-order valence-corrected chi connectivity index (χ3v) is 8.50. The number of nitrogens with zero attached hydrogens (tertiary/aromatic N) is 1. The van der Waals surface area contributed by atoms with Gasteiger partial charge in [0, 0.05) is 11.1 Å². The molecule has 45 heavy (non-hydrogen) atoms. The topological polar surface area (TPSA) is 113 Å². The van der Waals surface area contributed by atoms with Crippen LogP contribution >= 0.6 is 11.8 Å². The fourth-order valence-electron chi connectivity index (χ4n) is 5.47. The highest BCUT2D eigenvalue weighted by Gasteiger charge is 2.48. The van der Waals surface area contributed by atoms with Crippen LogP contribution in [0.1, 0.15) is 44.9 Å². The van der Waals surface area contributed by atoms with E-state index in [4.69, 9.17) is 23.7 Å². The average Bonchev–Trinajstić information content (AvgIpc) is 3.34. The first-order chi connectivity index (χ1) is 21.8. The first-order valence-electron chi connectivity index (χ1n) is 14.8. The van der Waals surface area contributed by atoms with Gasteiger partial charge in [0.15, 0.2) is 23.6 Å². The van der Waals surface area contributed by atoms with Gasteiger partial charge in [-0.1, -0.05) is 48.2 Å². The molecular formula is C34H36N2O8S. The number of carbonyl (C=O) groups excluding carboxylic acids is 3. The smallest absolute Gasteiger partial charge is 0.344 e. The fraction of sp³-hybridized carbons (Fsp3) is 0.324. The number of ether oxygens (including phenoxy) is 5. The second kappa shape index (κ2) is 14.0. The molecule has 0 aromatic heterocycles. The summed E-state index contributed by atoms with van der Waals surface area (Å²) < 4.78 is 27.5. The molecule has 0 unspecified atom stereocenters. The molecule has 3 aromatic rings. The molecule has 1 fully saturated rings. The number of carbonyl (C=O) groups is 3. The molecule has 0 bridgehead atoms. The number of hydrogen-bond donors (Lipinski definition) is 1. The number of benzene rings is 3. The number of hydrogen-bond acceptors (Lipinski definition) is 10. The molecule has 2 aliphatic heterocycles. The molecular weight excluding hydrogens is 596 g/mol. The SMILES string of the molecule is CCOC(=O)COc1ccc([C@@H]2C(C(=O)OCC)=C(C)N[C@@H]3S/C(=C/c4ccc(OCC)c5ccccc45)C(=O)N32)cc1OC. The summed E-state index contributed by atoms with van der Waals surface area (Å²) in [6.45, 7) is 7.87. The maximum Gasteiger partial charge on any atom is 0.344 e. The Bertz CT molecular complexity index is 1680. The molecule has 10 nitrogen and oxygen atoms in total. The van der Waals surface area contributed by atoms with Crippen LogP contribution in [0.5, 0.6) is 17.2 Å². The van der Waals surface area contributed by atoms with E-state index in [1.807, 2.05) is 49.4 Å². The number of thioether (sulfide) groups is 1. The highest BCUT2D eigenvalue weighted by atomic mass is 32.2. The van der Waals surface area contributed by atoms with Crippen molar-refractivity contribution in [3.63, 3.8) is 0 Å². The number of esters is 2. The zero-order valence-electron chi connectivity index (χ0n) is 25.9. The molecule has 2 atom stereocenters. The van der Waals surface area contributed by atoms with Gasteiger partial charge in [-0.15, -0.1) is 0 Å². The van der Waals surface area contributed by atoms with Gasteiger partial charge in [0.2, 0.25) is 0 Å². The Balaban J connectivity index is 1.55. The molecule has 0 saturated carbocycles. The fourth-order valence-corrected chi connectivity index (χ4v) is 6.68. The van der Waals surface area contributed by atoms with Crippen molar-refractivity contribution in [3.05, 3.63) is 81.9 Å². The lowest BCUT2D eigenvalue weighted by Crippen LogP contribution is -2.50. The highest BCUT2D eigenvalue weighted by Crippen LogP contribution is 2.48. The minimum absolute atomic E-state index is 0.175. The van der Waals surface area contributed by atoms with Crippen molar-refractivity contribution >= 4 is 46.5 Å². The molecule has 2 aliphatic rings. The molecule has 0 radical (unpaired) electrons. The molecule has 0 aliphatic carbocycles. The van der Waals surface area contributed by atoms with Crippen molar-refractivity contribution in [1.82, 2.24) is 10.2 Å². The second-order valence-electron chi connectivity index (χ2n) is 10.1. The van der Waals surface area contributed by atoms with Crippen LogP contribution in [0.15, 0.2) is 70.8 Å². The van der Waals surface area contributed by atoms with Gasteiger partial charge in [0.25, 0.3) is 5.91 Å². The van der Waals surface area contributed by atoms with Crippen LogP contribution in [0, 0.1) is 0 Å². The van der Waals surface area contributed by atoms with Crippen LogP contribution in [0.25, 0.3) is 16.8 Å². The summed E-state index contributed by atoms with van der Waals surface area (Å²) in [5, 5.41) is 5.26.